The molecule has 0 radical (unpaired) electrons. The fourth-order valence-electron chi connectivity index (χ4n) is 3.10. The van der Waals surface area contributed by atoms with Crippen LogP contribution >= 0.6 is 11.3 Å². The van der Waals surface area contributed by atoms with E-state index >= 15 is 0 Å². The van der Waals surface area contributed by atoms with Gasteiger partial charge in [-0.25, -0.2) is 4.99 Å². The summed E-state index contributed by atoms with van der Waals surface area (Å²) in [6.45, 7) is 0. The van der Waals surface area contributed by atoms with Crippen LogP contribution in [0.25, 0.3) is 0 Å². The van der Waals surface area contributed by atoms with Crippen molar-refractivity contribution in [3.63, 3.8) is 0 Å². The Bertz CT molecular complexity index is 522. The lowest BCUT2D eigenvalue weighted by Gasteiger charge is -2.12. The summed E-state index contributed by atoms with van der Waals surface area (Å²) < 4.78 is 0. The van der Waals surface area contributed by atoms with Crippen LogP contribution in [0.15, 0.2) is 4.99 Å². The zero-order chi connectivity index (χ0) is 13.2. The minimum atomic E-state index is -0.297. The number of aliphatic imine (C=N–C) groups is 1. The number of nitrogens with zero attached hydrogens (tertiary/aromatic N) is 1. The molecule has 1 aromatic heterocycles. The topological polar surface area (TPSA) is 55.5 Å². The van der Waals surface area contributed by atoms with Gasteiger partial charge in [0.2, 0.25) is 0 Å². The number of carbonyl (C=O) groups is 1. The van der Waals surface area contributed by atoms with Crippen LogP contribution in [0.4, 0.5) is 5.00 Å². The lowest BCUT2D eigenvalue weighted by Crippen LogP contribution is -2.14. The van der Waals surface area contributed by atoms with Crippen LogP contribution in [0, 0.1) is 0 Å². The summed E-state index contributed by atoms with van der Waals surface area (Å²) in [5.74, 6) is -0.297. The molecule has 2 aliphatic rings. The number of aryl methyl sites for hydroxylation is 1. The first-order valence-corrected chi connectivity index (χ1v) is 8.08. The Morgan fingerprint density at radius 1 is 1.00 bits per heavy atom. The normalized spacial score (nSPS) is 19.1. The molecule has 0 aliphatic heterocycles. The molecule has 0 spiro atoms. The number of carbonyl (C=O) groups excluding carboxylic acids is 1. The predicted molar refractivity (Wildman–Crippen MR) is 79.7 cm³/mol. The first-order chi connectivity index (χ1) is 9.25. The highest BCUT2D eigenvalue weighted by atomic mass is 32.1. The molecule has 0 bridgehead atoms. The van der Waals surface area contributed by atoms with E-state index in [1.165, 1.54) is 48.3 Å². The summed E-state index contributed by atoms with van der Waals surface area (Å²) in [7, 11) is 0. The molecular formula is C15H20N2OS. The van der Waals surface area contributed by atoms with Gasteiger partial charge in [-0.2, -0.15) is 0 Å². The molecule has 1 heterocycles. The van der Waals surface area contributed by atoms with Gasteiger partial charge >= 0.3 is 0 Å². The van der Waals surface area contributed by atoms with E-state index in [2.05, 4.69) is 0 Å². The third-order valence-electron chi connectivity index (χ3n) is 4.09. The number of thiophene rings is 1. The maximum absolute atomic E-state index is 11.8. The quantitative estimate of drug-likeness (QED) is 0.878. The van der Waals surface area contributed by atoms with Crippen LogP contribution in [0.1, 0.15) is 65.7 Å². The highest BCUT2D eigenvalue weighted by Crippen LogP contribution is 2.40. The number of nitrogens with two attached hydrogens (primary N) is 1. The van der Waals surface area contributed by atoms with E-state index in [1.54, 1.807) is 11.3 Å². The molecule has 1 amide bonds. The molecule has 3 rings (SSSR count). The fraction of sp³-hybridized carbons (Fsp3) is 0.600. The number of hydrogen-bond donors (Lipinski definition) is 1. The summed E-state index contributed by atoms with van der Waals surface area (Å²) in [4.78, 5) is 17.9. The SMILES string of the molecule is NC(=O)c1c(N=C2CCCCC2)sc2c1CCCC2. The van der Waals surface area contributed by atoms with E-state index < -0.39 is 0 Å². The zero-order valence-electron chi connectivity index (χ0n) is 11.2. The van der Waals surface area contributed by atoms with Crippen LogP contribution in [-0.4, -0.2) is 11.6 Å². The van der Waals surface area contributed by atoms with Crippen LogP contribution in [0.5, 0.6) is 0 Å². The molecule has 2 N–H and O–H groups in total. The summed E-state index contributed by atoms with van der Waals surface area (Å²) in [6, 6.07) is 0. The molecule has 0 atom stereocenters. The van der Waals surface area contributed by atoms with E-state index in [0.717, 1.165) is 36.2 Å². The monoisotopic (exact) mass is 276 g/mol. The van der Waals surface area contributed by atoms with Crippen LogP contribution in [0.2, 0.25) is 0 Å². The average molecular weight is 276 g/mol. The number of fused-ring (bicyclic) bond motifs is 1. The van der Waals surface area contributed by atoms with Gasteiger partial charge in [-0.1, -0.05) is 6.42 Å². The standard InChI is InChI=1S/C15H20N2OS/c16-14(18)13-11-8-4-5-9-12(11)19-15(13)17-10-6-2-1-3-7-10/h1-9H2,(H2,16,18). The van der Waals surface area contributed by atoms with Gasteiger partial charge in [-0.3, -0.25) is 4.79 Å². The van der Waals surface area contributed by atoms with Crippen LogP contribution < -0.4 is 5.73 Å². The lowest BCUT2D eigenvalue weighted by molar-refractivity contribution is 0.100. The van der Waals surface area contributed by atoms with E-state index in [9.17, 15) is 4.79 Å². The molecular weight excluding hydrogens is 256 g/mol. The van der Waals surface area contributed by atoms with Gasteiger partial charge in [0.15, 0.2) is 0 Å². The molecule has 4 heteroatoms. The molecule has 0 unspecified atom stereocenters. The molecule has 1 saturated carbocycles. The van der Waals surface area contributed by atoms with Crippen molar-refractivity contribution in [1.29, 1.82) is 0 Å². The Morgan fingerprint density at radius 3 is 2.42 bits per heavy atom. The Kier molecular flexibility index (Phi) is 3.69. The molecule has 102 valence electrons. The van der Waals surface area contributed by atoms with Gasteiger partial charge < -0.3 is 5.73 Å². The smallest absolute Gasteiger partial charge is 0.252 e. The highest BCUT2D eigenvalue weighted by molar-refractivity contribution is 7.16. The number of primary amides is 1. The number of rotatable bonds is 2. The van der Waals surface area contributed by atoms with Crippen molar-refractivity contribution >= 4 is 28.0 Å². The van der Waals surface area contributed by atoms with Gasteiger partial charge in [-0.05, 0) is 56.9 Å². The summed E-state index contributed by atoms with van der Waals surface area (Å²) in [5.41, 5.74) is 8.76. The maximum atomic E-state index is 11.8. The van der Waals surface area contributed by atoms with Gasteiger partial charge in [0.05, 0.1) is 5.56 Å². The summed E-state index contributed by atoms with van der Waals surface area (Å²) in [6.07, 6.45) is 10.4. The summed E-state index contributed by atoms with van der Waals surface area (Å²) in [5, 5.41) is 0.885. The minimum absolute atomic E-state index is 0.297. The molecule has 0 saturated heterocycles. The van der Waals surface area contributed by atoms with Crippen molar-refractivity contribution in [3.05, 3.63) is 16.0 Å². The Hall–Kier alpha value is -1.16. The van der Waals surface area contributed by atoms with Gasteiger partial charge in [0.25, 0.3) is 5.91 Å². The van der Waals surface area contributed by atoms with Gasteiger partial charge in [0, 0.05) is 10.6 Å². The largest absolute Gasteiger partial charge is 0.365 e. The molecule has 1 aromatic rings. The van der Waals surface area contributed by atoms with Crippen molar-refractivity contribution in [2.24, 2.45) is 10.7 Å². The van der Waals surface area contributed by atoms with Crippen molar-refractivity contribution in [2.75, 3.05) is 0 Å². The van der Waals surface area contributed by atoms with Crippen molar-refractivity contribution in [2.45, 2.75) is 57.8 Å². The maximum Gasteiger partial charge on any atom is 0.252 e. The molecule has 19 heavy (non-hydrogen) atoms. The van der Waals surface area contributed by atoms with Crippen LogP contribution in [-0.2, 0) is 12.8 Å². The second-order valence-corrected chi connectivity index (χ2v) is 6.58. The van der Waals surface area contributed by atoms with Gasteiger partial charge in [-0.15, -0.1) is 11.3 Å². The number of amides is 1. The first kappa shape index (κ1) is 12.9. The molecule has 3 nitrogen and oxygen atoms in total. The highest BCUT2D eigenvalue weighted by Gasteiger charge is 2.24. The predicted octanol–water partition coefficient (Wildman–Crippen LogP) is 3.76. The Labute approximate surface area is 117 Å². The van der Waals surface area contributed by atoms with E-state index in [1.807, 2.05) is 0 Å². The molecule has 1 fully saturated rings. The third kappa shape index (κ3) is 2.59. The Morgan fingerprint density at radius 2 is 1.68 bits per heavy atom. The fourth-order valence-corrected chi connectivity index (χ4v) is 4.41. The summed E-state index contributed by atoms with van der Waals surface area (Å²) >= 11 is 1.70. The number of hydrogen-bond acceptors (Lipinski definition) is 3. The first-order valence-electron chi connectivity index (χ1n) is 7.26. The van der Waals surface area contributed by atoms with E-state index in [-0.39, 0.29) is 5.91 Å². The third-order valence-corrected chi connectivity index (χ3v) is 5.28. The second kappa shape index (κ2) is 5.45. The second-order valence-electron chi connectivity index (χ2n) is 5.49. The zero-order valence-corrected chi connectivity index (χ0v) is 12.0. The Balaban J connectivity index is 2.00. The average Bonchev–Trinajstić information content (AvgIpc) is 2.77. The van der Waals surface area contributed by atoms with E-state index in [4.69, 9.17) is 10.7 Å². The molecule has 2 aliphatic carbocycles. The lowest BCUT2D eigenvalue weighted by atomic mass is 9.95. The molecule has 0 aromatic carbocycles. The van der Waals surface area contributed by atoms with Gasteiger partial charge in [0.1, 0.15) is 5.00 Å². The minimum Gasteiger partial charge on any atom is -0.365 e. The van der Waals surface area contributed by atoms with E-state index in [0.29, 0.717) is 0 Å². The van der Waals surface area contributed by atoms with Crippen LogP contribution in [0.3, 0.4) is 0 Å². The van der Waals surface area contributed by atoms with Crippen molar-refractivity contribution in [3.8, 4) is 0 Å². The van der Waals surface area contributed by atoms with Crippen molar-refractivity contribution in [1.82, 2.24) is 0 Å². The van der Waals surface area contributed by atoms with Crippen molar-refractivity contribution < 1.29 is 4.79 Å².